The summed E-state index contributed by atoms with van der Waals surface area (Å²) < 4.78 is 0. The summed E-state index contributed by atoms with van der Waals surface area (Å²) in [7, 11) is 0. The molecule has 0 bridgehead atoms. The Bertz CT molecular complexity index is 289. The van der Waals surface area contributed by atoms with Gasteiger partial charge in [-0.2, -0.15) is 0 Å². The maximum atomic E-state index is 3.55. The van der Waals surface area contributed by atoms with Crippen LogP contribution in [0, 0.1) is 0 Å². The summed E-state index contributed by atoms with van der Waals surface area (Å²) in [6.45, 7) is 2.22. The van der Waals surface area contributed by atoms with Gasteiger partial charge in [0.25, 0.3) is 0 Å². The molecule has 0 spiro atoms. The van der Waals surface area contributed by atoms with Gasteiger partial charge in [0.1, 0.15) is 0 Å². The zero-order chi connectivity index (χ0) is 9.10. The quantitative estimate of drug-likeness (QED) is 0.644. The fourth-order valence-electron chi connectivity index (χ4n) is 1.72. The Balaban J connectivity index is 2.18. The molecule has 1 N–H and O–H groups in total. The van der Waals surface area contributed by atoms with Gasteiger partial charge in [-0.15, -0.1) is 0 Å². The molecule has 13 heavy (non-hydrogen) atoms. The van der Waals surface area contributed by atoms with E-state index in [1.165, 1.54) is 5.56 Å². The molecule has 0 amide bonds. The normalized spacial score (nSPS) is 27.5. The monoisotopic (exact) mass is 173 g/mol. The van der Waals surface area contributed by atoms with E-state index in [1.807, 2.05) is 0 Å². The van der Waals surface area contributed by atoms with E-state index in [2.05, 4.69) is 54.7 Å². The summed E-state index contributed by atoms with van der Waals surface area (Å²) in [6.07, 6.45) is 5.65. The topological polar surface area (TPSA) is 12.0 Å². The summed E-state index contributed by atoms with van der Waals surface area (Å²) in [5.74, 6) is 0. The Morgan fingerprint density at radius 3 is 2.69 bits per heavy atom. The molecule has 1 aliphatic heterocycles. The first-order valence-corrected chi connectivity index (χ1v) is 4.84. The third-order valence-corrected chi connectivity index (χ3v) is 2.44. The van der Waals surface area contributed by atoms with Gasteiger partial charge in [-0.3, -0.25) is 0 Å². The van der Waals surface area contributed by atoms with Crippen molar-refractivity contribution in [2.75, 3.05) is 0 Å². The standard InChI is InChI=1S/C12H15N/c1-10-6-5-9-12(13-10)11-7-3-2-4-8-11/h2-5,7-10,12-13H,6H2,1H3/t10-,12+/m0/s1. The fourth-order valence-corrected chi connectivity index (χ4v) is 1.72. The molecular weight excluding hydrogens is 158 g/mol. The molecule has 1 aromatic carbocycles. The van der Waals surface area contributed by atoms with Gasteiger partial charge >= 0.3 is 0 Å². The van der Waals surface area contributed by atoms with Crippen LogP contribution < -0.4 is 5.32 Å². The summed E-state index contributed by atoms with van der Waals surface area (Å²) in [6, 6.07) is 11.6. The lowest BCUT2D eigenvalue weighted by Gasteiger charge is -2.24. The highest BCUT2D eigenvalue weighted by atomic mass is 14.9. The van der Waals surface area contributed by atoms with Crippen molar-refractivity contribution in [2.24, 2.45) is 0 Å². The first-order chi connectivity index (χ1) is 6.36. The van der Waals surface area contributed by atoms with Gasteiger partial charge in [-0.25, -0.2) is 0 Å². The first kappa shape index (κ1) is 8.52. The first-order valence-electron chi connectivity index (χ1n) is 4.84. The molecule has 1 nitrogen and oxygen atoms in total. The van der Waals surface area contributed by atoms with Crippen LogP contribution in [-0.2, 0) is 0 Å². The van der Waals surface area contributed by atoms with Crippen molar-refractivity contribution in [1.82, 2.24) is 5.32 Å². The molecule has 68 valence electrons. The third kappa shape index (κ3) is 1.99. The van der Waals surface area contributed by atoms with Crippen LogP contribution >= 0.6 is 0 Å². The lowest BCUT2D eigenvalue weighted by Crippen LogP contribution is -2.31. The van der Waals surface area contributed by atoms with E-state index in [0.717, 1.165) is 6.42 Å². The number of nitrogens with one attached hydrogen (secondary N) is 1. The van der Waals surface area contributed by atoms with Crippen LogP contribution in [-0.4, -0.2) is 6.04 Å². The second-order valence-corrected chi connectivity index (χ2v) is 3.62. The fraction of sp³-hybridized carbons (Fsp3) is 0.333. The van der Waals surface area contributed by atoms with Crippen molar-refractivity contribution >= 4 is 0 Å². The molecule has 0 saturated carbocycles. The molecule has 2 atom stereocenters. The molecule has 1 aliphatic rings. The van der Waals surface area contributed by atoms with Crippen LogP contribution in [0.25, 0.3) is 0 Å². The van der Waals surface area contributed by atoms with E-state index in [9.17, 15) is 0 Å². The maximum absolute atomic E-state index is 3.55. The zero-order valence-electron chi connectivity index (χ0n) is 7.90. The molecule has 2 rings (SSSR count). The molecule has 1 heteroatoms. The van der Waals surface area contributed by atoms with Crippen molar-refractivity contribution in [3.8, 4) is 0 Å². The Morgan fingerprint density at radius 1 is 1.23 bits per heavy atom. The lowest BCUT2D eigenvalue weighted by molar-refractivity contribution is 0.489. The predicted molar refractivity (Wildman–Crippen MR) is 55.5 cm³/mol. The number of hydrogen-bond donors (Lipinski definition) is 1. The number of benzene rings is 1. The van der Waals surface area contributed by atoms with Gasteiger partial charge in [0.05, 0.1) is 6.04 Å². The molecule has 0 fully saturated rings. The molecule has 0 aromatic heterocycles. The van der Waals surface area contributed by atoms with Gasteiger partial charge in [0.15, 0.2) is 0 Å². The minimum absolute atomic E-state index is 0.407. The van der Waals surface area contributed by atoms with E-state index >= 15 is 0 Å². The minimum atomic E-state index is 0.407. The summed E-state index contributed by atoms with van der Waals surface area (Å²) in [5.41, 5.74) is 1.35. The van der Waals surface area contributed by atoms with Crippen molar-refractivity contribution in [3.05, 3.63) is 48.0 Å². The SMILES string of the molecule is C[C@H]1CC=C[C@H](c2ccccc2)N1. The van der Waals surface area contributed by atoms with Crippen LogP contribution in [0.15, 0.2) is 42.5 Å². The molecule has 1 aromatic rings. The Hall–Kier alpha value is -1.08. The summed E-state index contributed by atoms with van der Waals surface area (Å²) in [5, 5.41) is 3.55. The molecule has 0 saturated heterocycles. The average Bonchev–Trinajstić information content (AvgIpc) is 2.19. The average molecular weight is 173 g/mol. The number of hydrogen-bond acceptors (Lipinski definition) is 1. The highest BCUT2D eigenvalue weighted by molar-refractivity contribution is 5.24. The van der Waals surface area contributed by atoms with Crippen molar-refractivity contribution in [1.29, 1.82) is 0 Å². The second-order valence-electron chi connectivity index (χ2n) is 3.62. The highest BCUT2D eigenvalue weighted by Gasteiger charge is 2.13. The van der Waals surface area contributed by atoms with Gasteiger partial charge in [-0.05, 0) is 18.9 Å². The minimum Gasteiger partial charge on any atom is -0.304 e. The van der Waals surface area contributed by atoms with E-state index in [0.29, 0.717) is 12.1 Å². The summed E-state index contributed by atoms with van der Waals surface area (Å²) in [4.78, 5) is 0. The van der Waals surface area contributed by atoms with Crippen LogP contribution in [0.3, 0.4) is 0 Å². The van der Waals surface area contributed by atoms with Gasteiger partial charge < -0.3 is 5.32 Å². The van der Waals surface area contributed by atoms with Crippen molar-refractivity contribution < 1.29 is 0 Å². The smallest absolute Gasteiger partial charge is 0.0508 e. The number of rotatable bonds is 1. The Kier molecular flexibility index (Phi) is 2.46. The van der Waals surface area contributed by atoms with Gasteiger partial charge in [0.2, 0.25) is 0 Å². The lowest BCUT2D eigenvalue weighted by atomic mass is 10.0. The summed E-state index contributed by atoms with van der Waals surface area (Å²) >= 11 is 0. The zero-order valence-corrected chi connectivity index (χ0v) is 7.90. The van der Waals surface area contributed by atoms with Crippen LogP contribution in [0.1, 0.15) is 24.9 Å². The second kappa shape index (κ2) is 3.75. The molecule has 1 heterocycles. The van der Waals surface area contributed by atoms with E-state index in [4.69, 9.17) is 0 Å². The van der Waals surface area contributed by atoms with Gasteiger partial charge in [0, 0.05) is 6.04 Å². The van der Waals surface area contributed by atoms with Crippen molar-refractivity contribution in [2.45, 2.75) is 25.4 Å². The predicted octanol–water partition coefficient (Wildman–Crippen LogP) is 2.67. The maximum Gasteiger partial charge on any atom is 0.0508 e. The van der Waals surface area contributed by atoms with E-state index in [-0.39, 0.29) is 0 Å². The highest BCUT2D eigenvalue weighted by Crippen LogP contribution is 2.19. The van der Waals surface area contributed by atoms with Crippen LogP contribution in [0.2, 0.25) is 0 Å². The van der Waals surface area contributed by atoms with Crippen LogP contribution in [0.5, 0.6) is 0 Å². The molecule has 0 aliphatic carbocycles. The largest absolute Gasteiger partial charge is 0.304 e. The molecular formula is C12H15N. The van der Waals surface area contributed by atoms with E-state index in [1.54, 1.807) is 0 Å². The molecule has 0 unspecified atom stereocenters. The Morgan fingerprint density at radius 2 is 2.00 bits per heavy atom. The Labute approximate surface area is 79.5 Å². The molecule has 0 radical (unpaired) electrons. The van der Waals surface area contributed by atoms with Crippen molar-refractivity contribution in [3.63, 3.8) is 0 Å². The third-order valence-electron chi connectivity index (χ3n) is 2.44. The van der Waals surface area contributed by atoms with E-state index < -0.39 is 0 Å². The van der Waals surface area contributed by atoms with Crippen LogP contribution in [0.4, 0.5) is 0 Å². The van der Waals surface area contributed by atoms with Gasteiger partial charge in [-0.1, -0.05) is 42.5 Å².